The van der Waals surface area contributed by atoms with Crippen molar-refractivity contribution in [1.82, 2.24) is 0 Å². The van der Waals surface area contributed by atoms with E-state index in [9.17, 15) is 9.18 Å². The van der Waals surface area contributed by atoms with Gasteiger partial charge in [-0.15, -0.1) is 0 Å². The molecular weight excluding hydrogens is 367 g/mol. The van der Waals surface area contributed by atoms with Gasteiger partial charge in [0.2, 0.25) is 11.2 Å². The van der Waals surface area contributed by atoms with Crippen LogP contribution < -0.4 is 10.2 Å². The zero-order valence-electron chi connectivity index (χ0n) is 14.1. The van der Waals surface area contributed by atoms with Gasteiger partial charge in [-0.3, -0.25) is 4.79 Å². The molecule has 27 heavy (non-hydrogen) atoms. The van der Waals surface area contributed by atoms with Crippen molar-refractivity contribution in [2.75, 3.05) is 0 Å². The molecule has 0 aliphatic carbocycles. The van der Waals surface area contributed by atoms with Crippen molar-refractivity contribution in [3.8, 4) is 17.1 Å². The second-order valence-electron chi connectivity index (χ2n) is 5.94. The van der Waals surface area contributed by atoms with Gasteiger partial charge in [0.15, 0.2) is 5.76 Å². The van der Waals surface area contributed by atoms with Gasteiger partial charge in [-0.1, -0.05) is 60.1 Å². The van der Waals surface area contributed by atoms with Crippen molar-refractivity contribution >= 4 is 22.6 Å². The van der Waals surface area contributed by atoms with Crippen LogP contribution in [-0.4, -0.2) is 0 Å². The fourth-order valence-corrected chi connectivity index (χ4v) is 3.07. The molecule has 1 aromatic heterocycles. The lowest BCUT2D eigenvalue weighted by Crippen LogP contribution is -2.11. The van der Waals surface area contributed by atoms with E-state index in [-0.39, 0.29) is 28.4 Å². The van der Waals surface area contributed by atoms with Crippen LogP contribution in [-0.2, 0) is 6.61 Å². The van der Waals surface area contributed by atoms with Gasteiger partial charge in [-0.05, 0) is 24.3 Å². The van der Waals surface area contributed by atoms with Crippen molar-refractivity contribution in [2.45, 2.75) is 6.61 Å². The second-order valence-corrected chi connectivity index (χ2v) is 6.35. The van der Waals surface area contributed by atoms with E-state index < -0.39 is 5.82 Å². The molecule has 0 saturated heterocycles. The van der Waals surface area contributed by atoms with Gasteiger partial charge in [0, 0.05) is 11.1 Å². The van der Waals surface area contributed by atoms with E-state index in [0.717, 1.165) is 0 Å². The number of para-hydroxylation sites is 1. The molecule has 0 aliphatic rings. The Hall–Kier alpha value is -3.11. The molecule has 0 radical (unpaired) electrons. The summed E-state index contributed by atoms with van der Waals surface area (Å²) in [5.41, 5.74) is 1.02. The molecule has 1 heterocycles. The summed E-state index contributed by atoms with van der Waals surface area (Å²) >= 11 is 6.07. The van der Waals surface area contributed by atoms with E-state index in [1.807, 2.05) is 30.3 Å². The van der Waals surface area contributed by atoms with Crippen LogP contribution in [0.3, 0.4) is 0 Å². The summed E-state index contributed by atoms with van der Waals surface area (Å²) in [6.07, 6.45) is 0. The number of ether oxygens (including phenoxy) is 1. The molecule has 5 heteroatoms. The molecule has 0 saturated carbocycles. The van der Waals surface area contributed by atoms with Crippen LogP contribution in [0.4, 0.5) is 4.39 Å². The second kappa shape index (κ2) is 7.25. The van der Waals surface area contributed by atoms with E-state index in [0.29, 0.717) is 22.3 Å². The van der Waals surface area contributed by atoms with Gasteiger partial charge in [-0.2, -0.15) is 0 Å². The Bertz CT molecular complexity index is 1150. The summed E-state index contributed by atoms with van der Waals surface area (Å²) in [5, 5.41) is 0.633. The van der Waals surface area contributed by atoms with Crippen LogP contribution in [0.1, 0.15) is 5.56 Å². The zero-order chi connectivity index (χ0) is 18.8. The fraction of sp³-hybridized carbons (Fsp3) is 0.0455. The van der Waals surface area contributed by atoms with Gasteiger partial charge < -0.3 is 9.15 Å². The number of halogens is 2. The Labute approximate surface area is 159 Å². The van der Waals surface area contributed by atoms with E-state index in [1.165, 1.54) is 12.1 Å². The molecule has 0 atom stereocenters. The van der Waals surface area contributed by atoms with Crippen LogP contribution in [0.5, 0.6) is 5.75 Å². The quantitative estimate of drug-likeness (QED) is 0.447. The minimum atomic E-state index is -0.492. The lowest BCUT2D eigenvalue weighted by molar-refractivity contribution is 0.292. The van der Waals surface area contributed by atoms with Crippen LogP contribution in [0.15, 0.2) is 82.0 Å². The molecule has 134 valence electrons. The topological polar surface area (TPSA) is 39.4 Å². The monoisotopic (exact) mass is 380 g/mol. The van der Waals surface area contributed by atoms with Crippen molar-refractivity contribution in [3.63, 3.8) is 0 Å². The average Bonchev–Trinajstić information content (AvgIpc) is 2.69. The molecular formula is C22H14ClFO3. The van der Waals surface area contributed by atoms with Crippen molar-refractivity contribution in [3.05, 3.63) is 99.4 Å². The average molecular weight is 381 g/mol. The van der Waals surface area contributed by atoms with Crippen LogP contribution in [0, 0.1) is 5.82 Å². The summed E-state index contributed by atoms with van der Waals surface area (Å²) in [5.74, 6) is -0.167. The van der Waals surface area contributed by atoms with Crippen LogP contribution >= 0.6 is 11.6 Å². The lowest BCUT2D eigenvalue weighted by Gasteiger charge is -2.13. The van der Waals surface area contributed by atoms with Gasteiger partial charge in [-0.25, -0.2) is 4.39 Å². The Balaban J connectivity index is 1.85. The van der Waals surface area contributed by atoms with Crippen molar-refractivity contribution in [2.24, 2.45) is 0 Å². The summed E-state index contributed by atoms with van der Waals surface area (Å²) in [6, 6.07) is 20.5. The van der Waals surface area contributed by atoms with Crippen LogP contribution in [0.2, 0.25) is 5.02 Å². The number of hydrogen-bond donors (Lipinski definition) is 0. The van der Waals surface area contributed by atoms with Gasteiger partial charge in [0.1, 0.15) is 18.0 Å². The third kappa shape index (κ3) is 3.32. The minimum Gasteiger partial charge on any atom is -0.481 e. The Morgan fingerprint density at radius 2 is 1.67 bits per heavy atom. The maximum atomic E-state index is 14.1. The van der Waals surface area contributed by atoms with Gasteiger partial charge >= 0.3 is 0 Å². The molecule has 3 nitrogen and oxygen atoms in total. The zero-order valence-corrected chi connectivity index (χ0v) is 14.9. The highest BCUT2D eigenvalue weighted by Gasteiger charge is 2.18. The molecule has 0 unspecified atom stereocenters. The minimum absolute atomic E-state index is 0.0271. The van der Waals surface area contributed by atoms with E-state index in [2.05, 4.69) is 0 Å². The molecule has 0 amide bonds. The predicted molar refractivity (Wildman–Crippen MR) is 104 cm³/mol. The van der Waals surface area contributed by atoms with Gasteiger partial charge in [0.25, 0.3) is 0 Å². The highest BCUT2D eigenvalue weighted by atomic mass is 35.5. The predicted octanol–water partition coefficient (Wildman–Crippen LogP) is 5.83. The molecule has 0 spiro atoms. The first-order chi connectivity index (χ1) is 13.1. The first-order valence-electron chi connectivity index (χ1n) is 8.32. The normalized spacial score (nSPS) is 10.9. The fourth-order valence-electron chi connectivity index (χ4n) is 2.85. The molecule has 0 bridgehead atoms. The van der Waals surface area contributed by atoms with E-state index in [1.54, 1.807) is 30.3 Å². The smallest absolute Gasteiger partial charge is 0.235 e. The number of benzene rings is 3. The molecule has 0 N–H and O–H groups in total. The highest BCUT2D eigenvalue weighted by molar-refractivity contribution is 6.31. The molecule has 4 aromatic rings. The Morgan fingerprint density at radius 3 is 2.44 bits per heavy atom. The Morgan fingerprint density at radius 1 is 0.926 bits per heavy atom. The molecule has 0 aliphatic heterocycles. The van der Waals surface area contributed by atoms with E-state index >= 15 is 0 Å². The molecule has 4 rings (SSSR count). The number of rotatable bonds is 4. The van der Waals surface area contributed by atoms with Crippen molar-refractivity contribution in [1.29, 1.82) is 0 Å². The summed E-state index contributed by atoms with van der Waals surface area (Å²) in [7, 11) is 0. The maximum absolute atomic E-state index is 14.1. The first-order valence-corrected chi connectivity index (χ1v) is 8.70. The molecule has 0 fully saturated rings. The third-order valence-electron chi connectivity index (χ3n) is 4.21. The van der Waals surface area contributed by atoms with Crippen LogP contribution in [0.25, 0.3) is 22.3 Å². The lowest BCUT2D eigenvalue weighted by atomic mass is 10.1. The molecule has 3 aromatic carbocycles. The third-order valence-corrected chi connectivity index (χ3v) is 4.57. The SMILES string of the molecule is O=c1c(OCc2c(F)cccc2Cl)c(-c2ccccc2)oc2ccccc12. The highest BCUT2D eigenvalue weighted by Crippen LogP contribution is 2.31. The van der Waals surface area contributed by atoms with Crippen molar-refractivity contribution < 1.29 is 13.5 Å². The number of fused-ring (bicyclic) bond motifs is 1. The Kier molecular flexibility index (Phi) is 4.65. The maximum Gasteiger partial charge on any atom is 0.235 e. The van der Waals surface area contributed by atoms with E-state index in [4.69, 9.17) is 20.8 Å². The number of hydrogen-bond acceptors (Lipinski definition) is 3. The van der Waals surface area contributed by atoms with Gasteiger partial charge in [0.05, 0.1) is 10.4 Å². The summed E-state index contributed by atoms with van der Waals surface area (Å²) < 4.78 is 25.8. The standard InChI is InChI=1S/C22H14ClFO3/c23-17-10-6-11-18(24)16(17)13-26-22-20(25)15-9-4-5-12-19(15)27-21(22)14-7-2-1-3-8-14/h1-12H,13H2. The summed E-state index contributed by atoms with van der Waals surface area (Å²) in [6.45, 7) is -0.186. The summed E-state index contributed by atoms with van der Waals surface area (Å²) in [4.78, 5) is 13.0. The first kappa shape index (κ1) is 17.3. The largest absolute Gasteiger partial charge is 0.481 e.